The highest BCUT2D eigenvalue weighted by molar-refractivity contribution is 9.10. The molecule has 3 aromatic rings. The van der Waals surface area contributed by atoms with Crippen molar-refractivity contribution in [3.05, 3.63) is 85.5 Å². The lowest BCUT2D eigenvalue weighted by Crippen LogP contribution is -2.48. The van der Waals surface area contributed by atoms with Crippen molar-refractivity contribution >= 4 is 33.2 Å². The van der Waals surface area contributed by atoms with Gasteiger partial charge in [0.15, 0.2) is 0 Å². The number of carbonyl (C=O) groups is 1. The zero-order valence-electron chi connectivity index (χ0n) is 17.9. The number of piperazine rings is 1. The number of halogens is 1. The molecule has 0 spiro atoms. The number of carbonyl (C=O) groups excluding carboxylic acids is 1. The second-order valence-corrected chi connectivity index (χ2v) is 9.96. The Balaban J connectivity index is 1.29. The fraction of sp³-hybridized carbons (Fsp3) is 0.320. The molecular weight excluding hydrogens is 472 g/mol. The molecule has 31 heavy (non-hydrogen) atoms. The van der Waals surface area contributed by atoms with Gasteiger partial charge in [0.2, 0.25) is 0 Å². The first kappa shape index (κ1) is 22.1. The minimum Gasteiger partial charge on any atom is -0.489 e. The summed E-state index contributed by atoms with van der Waals surface area (Å²) in [6, 6.07) is 16.6. The van der Waals surface area contributed by atoms with Crippen molar-refractivity contribution in [2.45, 2.75) is 27.0 Å². The van der Waals surface area contributed by atoms with E-state index in [1.165, 1.54) is 28.0 Å². The summed E-state index contributed by atoms with van der Waals surface area (Å²) in [6.45, 7) is 8.85. The topological polar surface area (TPSA) is 32.8 Å². The summed E-state index contributed by atoms with van der Waals surface area (Å²) in [6.07, 6.45) is 0. The van der Waals surface area contributed by atoms with Crippen molar-refractivity contribution in [3.63, 3.8) is 0 Å². The van der Waals surface area contributed by atoms with Gasteiger partial charge in [0.1, 0.15) is 12.4 Å². The van der Waals surface area contributed by atoms with Crippen molar-refractivity contribution in [2.24, 2.45) is 0 Å². The normalized spacial score (nSPS) is 14.6. The minimum absolute atomic E-state index is 0.129. The van der Waals surface area contributed by atoms with Crippen LogP contribution in [0.2, 0.25) is 0 Å². The average Bonchev–Trinajstić information content (AvgIpc) is 3.21. The molecule has 0 bridgehead atoms. The number of rotatable bonds is 6. The first-order valence-electron chi connectivity index (χ1n) is 10.5. The number of hydrogen-bond acceptors (Lipinski definition) is 4. The molecule has 0 radical (unpaired) electrons. The number of amides is 1. The van der Waals surface area contributed by atoms with Gasteiger partial charge in [0.25, 0.3) is 5.91 Å². The molecular formula is C25H27BrN2O2S. The third-order valence-corrected chi connectivity index (χ3v) is 6.88. The third-order valence-electron chi connectivity index (χ3n) is 5.42. The average molecular weight is 499 g/mol. The van der Waals surface area contributed by atoms with Gasteiger partial charge in [0, 0.05) is 42.8 Å². The molecule has 6 heteroatoms. The summed E-state index contributed by atoms with van der Waals surface area (Å²) < 4.78 is 7.05. The molecule has 0 saturated carbocycles. The molecule has 4 rings (SSSR count). The fourth-order valence-electron chi connectivity index (χ4n) is 3.90. The molecule has 1 saturated heterocycles. The SMILES string of the molecule is Cc1cc(C)cc(OCc2csc(C(=O)N3CCN(Cc4cccc(Br)c4)CC3)c2)c1. The highest BCUT2D eigenvalue weighted by Gasteiger charge is 2.23. The number of ether oxygens (including phenoxy) is 1. The number of benzene rings is 2. The van der Waals surface area contributed by atoms with Crippen LogP contribution in [-0.2, 0) is 13.2 Å². The van der Waals surface area contributed by atoms with Crippen molar-refractivity contribution < 1.29 is 9.53 Å². The van der Waals surface area contributed by atoms with E-state index >= 15 is 0 Å². The smallest absolute Gasteiger partial charge is 0.264 e. The van der Waals surface area contributed by atoms with Crippen LogP contribution in [0.1, 0.15) is 31.9 Å². The van der Waals surface area contributed by atoms with Crippen LogP contribution in [0.5, 0.6) is 5.75 Å². The Morgan fingerprint density at radius 1 is 1.00 bits per heavy atom. The Morgan fingerprint density at radius 2 is 1.74 bits per heavy atom. The largest absolute Gasteiger partial charge is 0.489 e. The number of hydrogen-bond donors (Lipinski definition) is 0. The van der Waals surface area contributed by atoms with Gasteiger partial charge in [-0.3, -0.25) is 9.69 Å². The molecule has 2 heterocycles. The predicted molar refractivity (Wildman–Crippen MR) is 130 cm³/mol. The standard InChI is InChI=1S/C25H27BrN2O2S/c1-18-10-19(2)12-23(11-18)30-16-21-14-24(31-17-21)25(29)28-8-6-27(7-9-28)15-20-4-3-5-22(26)13-20/h3-5,10-14,17H,6-9,15-16H2,1-2H3. The first-order valence-corrected chi connectivity index (χ1v) is 12.2. The van der Waals surface area contributed by atoms with Gasteiger partial charge < -0.3 is 9.64 Å². The summed E-state index contributed by atoms with van der Waals surface area (Å²) in [5, 5.41) is 2.03. The molecule has 2 aromatic carbocycles. The monoisotopic (exact) mass is 498 g/mol. The van der Waals surface area contributed by atoms with Crippen molar-refractivity contribution in [3.8, 4) is 5.75 Å². The van der Waals surface area contributed by atoms with E-state index < -0.39 is 0 Å². The second-order valence-electron chi connectivity index (χ2n) is 8.13. The highest BCUT2D eigenvalue weighted by atomic mass is 79.9. The van der Waals surface area contributed by atoms with Gasteiger partial charge in [-0.05, 0) is 66.2 Å². The van der Waals surface area contributed by atoms with Crippen LogP contribution in [0.3, 0.4) is 0 Å². The molecule has 1 aliphatic heterocycles. The third kappa shape index (κ3) is 5.97. The molecule has 0 N–H and O–H groups in total. The van der Waals surface area contributed by atoms with Crippen molar-refractivity contribution in [1.29, 1.82) is 0 Å². The van der Waals surface area contributed by atoms with E-state index in [1.807, 2.05) is 34.5 Å². The molecule has 0 aliphatic carbocycles. The van der Waals surface area contributed by atoms with E-state index in [4.69, 9.17) is 4.74 Å². The maximum atomic E-state index is 13.0. The highest BCUT2D eigenvalue weighted by Crippen LogP contribution is 2.22. The quantitative estimate of drug-likeness (QED) is 0.439. The number of nitrogens with zero attached hydrogens (tertiary/aromatic N) is 2. The van der Waals surface area contributed by atoms with Crippen LogP contribution in [0, 0.1) is 13.8 Å². The molecule has 1 fully saturated rings. The van der Waals surface area contributed by atoms with Crippen LogP contribution >= 0.6 is 27.3 Å². The summed E-state index contributed by atoms with van der Waals surface area (Å²) in [5.74, 6) is 1.00. The van der Waals surface area contributed by atoms with E-state index in [0.717, 1.165) is 53.4 Å². The van der Waals surface area contributed by atoms with Crippen LogP contribution in [-0.4, -0.2) is 41.9 Å². The Morgan fingerprint density at radius 3 is 2.45 bits per heavy atom. The Labute approximate surface area is 196 Å². The van der Waals surface area contributed by atoms with E-state index in [-0.39, 0.29) is 5.91 Å². The molecule has 0 unspecified atom stereocenters. The Hall–Kier alpha value is -2.15. The van der Waals surface area contributed by atoms with E-state index in [9.17, 15) is 4.79 Å². The van der Waals surface area contributed by atoms with Gasteiger partial charge in [-0.25, -0.2) is 0 Å². The Bertz CT molecular complexity index is 1040. The molecule has 1 aromatic heterocycles. The van der Waals surface area contributed by atoms with E-state index in [1.54, 1.807) is 0 Å². The predicted octanol–water partition coefficient (Wildman–Crippen LogP) is 5.66. The van der Waals surface area contributed by atoms with Gasteiger partial charge in [-0.1, -0.05) is 34.1 Å². The lowest BCUT2D eigenvalue weighted by Gasteiger charge is -2.34. The van der Waals surface area contributed by atoms with Gasteiger partial charge in [-0.15, -0.1) is 11.3 Å². The van der Waals surface area contributed by atoms with Gasteiger partial charge in [0.05, 0.1) is 4.88 Å². The van der Waals surface area contributed by atoms with Crippen molar-refractivity contribution in [1.82, 2.24) is 9.80 Å². The summed E-state index contributed by atoms with van der Waals surface area (Å²) >= 11 is 5.04. The minimum atomic E-state index is 0.129. The summed E-state index contributed by atoms with van der Waals surface area (Å²) in [4.78, 5) is 18.1. The summed E-state index contributed by atoms with van der Waals surface area (Å²) in [7, 11) is 0. The van der Waals surface area contributed by atoms with Gasteiger partial charge in [-0.2, -0.15) is 0 Å². The maximum absolute atomic E-state index is 13.0. The molecule has 0 atom stereocenters. The fourth-order valence-corrected chi connectivity index (χ4v) is 5.22. The second kappa shape index (κ2) is 9.98. The zero-order valence-corrected chi connectivity index (χ0v) is 20.3. The number of thiophene rings is 1. The zero-order chi connectivity index (χ0) is 21.8. The molecule has 162 valence electrons. The van der Waals surface area contributed by atoms with E-state index in [2.05, 4.69) is 58.9 Å². The molecule has 4 nitrogen and oxygen atoms in total. The molecule has 1 amide bonds. The Kier molecular flexibility index (Phi) is 7.10. The van der Waals surface area contributed by atoms with Crippen LogP contribution in [0.4, 0.5) is 0 Å². The summed E-state index contributed by atoms with van der Waals surface area (Å²) in [5.41, 5.74) is 4.71. The van der Waals surface area contributed by atoms with Crippen LogP contribution in [0.25, 0.3) is 0 Å². The first-order chi connectivity index (χ1) is 15.0. The maximum Gasteiger partial charge on any atom is 0.264 e. The van der Waals surface area contributed by atoms with Gasteiger partial charge >= 0.3 is 0 Å². The van der Waals surface area contributed by atoms with Crippen molar-refractivity contribution in [2.75, 3.05) is 26.2 Å². The lowest BCUT2D eigenvalue weighted by molar-refractivity contribution is 0.0633. The lowest BCUT2D eigenvalue weighted by atomic mass is 10.1. The number of aryl methyl sites for hydroxylation is 2. The van der Waals surface area contributed by atoms with Crippen LogP contribution in [0.15, 0.2) is 58.4 Å². The van der Waals surface area contributed by atoms with Crippen LogP contribution < -0.4 is 4.74 Å². The molecule has 1 aliphatic rings. The van der Waals surface area contributed by atoms with E-state index in [0.29, 0.717) is 6.61 Å².